The molecule has 0 aliphatic rings. The van der Waals surface area contributed by atoms with Gasteiger partial charge < -0.3 is 12.4 Å². The van der Waals surface area contributed by atoms with Gasteiger partial charge in [-0.05, 0) is 36.4 Å². The highest BCUT2D eigenvalue weighted by Crippen LogP contribution is 2.17. The lowest BCUT2D eigenvalue weighted by Crippen LogP contribution is -3.00. The van der Waals surface area contributed by atoms with Gasteiger partial charge in [-0.1, -0.05) is 41.1 Å². The van der Waals surface area contributed by atoms with E-state index in [0.717, 1.165) is 11.3 Å². The Balaban J connectivity index is 0.00000210. The number of aromatic nitrogens is 4. The van der Waals surface area contributed by atoms with Crippen molar-refractivity contribution in [1.82, 2.24) is 15.1 Å². The average Bonchev–Trinajstić information content (AvgIpc) is 3.15. The fourth-order valence-electron chi connectivity index (χ4n) is 2.61. The highest BCUT2D eigenvalue weighted by atomic mass is 35.5. The summed E-state index contributed by atoms with van der Waals surface area (Å²) in [5, 5.41) is 20.0. The van der Waals surface area contributed by atoms with Crippen molar-refractivity contribution in [3.63, 3.8) is 0 Å². The number of nitrogens with zero attached hydrogens (tertiary/aromatic N) is 5. The van der Waals surface area contributed by atoms with Crippen LogP contribution in [0.2, 0.25) is 0 Å². The summed E-state index contributed by atoms with van der Waals surface area (Å²) in [5.41, 5.74) is 2.46. The van der Waals surface area contributed by atoms with Crippen molar-refractivity contribution < 1.29 is 22.0 Å². The summed E-state index contributed by atoms with van der Waals surface area (Å²) in [6.07, 6.45) is 0. The van der Waals surface area contributed by atoms with Crippen LogP contribution in [0.25, 0.3) is 22.8 Å². The number of rotatable bonds is 4. The molecule has 3 aromatic carbocycles. The number of nitro groups is 1. The van der Waals surface area contributed by atoms with Gasteiger partial charge in [0.05, 0.1) is 20.8 Å². The Kier molecular flexibility index (Phi) is 5.23. The van der Waals surface area contributed by atoms with Crippen LogP contribution in [0.5, 0.6) is 0 Å². The molecule has 0 spiro atoms. The van der Waals surface area contributed by atoms with E-state index in [-0.39, 0.29) is 18.1 Å². The van der Waals surface area contributed by atoms with E-state index in [9.17, 15) is 10.1 Å². The van der Waals surface area contributed by atoms with Crippen LogP contribution in [0.1, 0.15) is 0 Å². The smallest absolute Gasteiger partial charge is 0.335 e. The molecule has 0 fully saturated rings. The van der Waals surface area contributed by atoms with E-state index in [0.29, 0.717) is 11.5 Å². The SMILES string of the molecule is O=[N+]([O-])c1ccc(-n2nc(-c3ccccc3)[n+](-c3ccccc3)n2)cc1.[Cl-]. The molecule has 8 heteroatoms. The Morgan fingerprint density at radius 2 is 1.44 bits per heavy atom. The van der Waals surface area contributed by atoms with Crippen LogP contribution < -0.4 is 17.1 Å². The number of hydrogen-bond donors (Lipinski definition) is 0. The molecule has 4 rings (SSSR count). The molecule has 0 unspecified atom stereocenters. The molecule has 0 saturated carbocycles. The molecule has 4 aromatic rings. The third-order valence-electron chi connectivity index (χ3n) is 3.89. The maximum absolute atomic E-state index is 10.8. The van der Waals surface area contributed by atoms with Crippen LogP contribution >= 0.6 is 0 Å². The summed E-state index contributed by atoms with van der Waals surface area (Å²) in [7, 11) is 0. The molecule has 7 nitrogen and oxygen atoms in total. The van der Waals surface area contributed by atoms with Crippen molar-refractivity contribution in [2.75, 3.05) is 0 Å². The lowest BCUT2D eigenvalue weighted by molar-refractivity contribution is -0.651. The zero-order valence-electron chi connectivity index (χ0n) is 14.0. The van der Waals surface area contributed by atoms with E-state index in [4.69, 9.17) is 0 Å². The summed E-state index contributed by atoms with van der Waals surface area (Å²) in [5.74, 6) is 0.676. The molecule has 0 radical (unpaired) electrons. The van der Waals surface area contributed by atoms with Crippen LogP contribution in [0.15, 0.2) is 84.9 Å². The standard InChI is InChI=1S/C19H14N5O2.ClH/c25-24(26)18-13-11-17(12-14-18)23-20-19(15-7-3-1-4-8-15)22(21-23)16-9-5-2-6-10-16;/h1-14H;1H/q+1;/p-1. The molecule has 0 N–H and O–H groups in total. The third kappa shape index (κ3) is 3.68. The van der Waals surface area contributed by atoms with E-state index < -0.39 is 4.92 Å². The van der Waals surface area contributed by atoms with Crippen molar-refractivity contribution in [2.24, 2.45) is 0 Å². The lowest BCUT2D eigenvalue weighted by Gasteiger charge is -1.97. The second kappa shape index (κ2) is 7.76. The Labute approximate surface area is 161 Å². The summed E-state index contributed by atoms with van der Waals surface area (Å²) >= 11 is 0. The first-order chi connectivity index (χ1) is 12.7. The molecule has 0 aliphatic carbocycles. The van der Waals surface area contributed by atoms with E-state index in [1.165, 1.54) is 16.9 Å². The molecule has 134 valence electrons. The zero-order chi connectivity index (χ0) is 17.9. The van der Waals surface area contributed by atoms with E-state index in [1.54, 1.807) is 16.8 Å². The van der Waals surface area contributed by atoms with Gasteiger partial charge in [-0.3, -0.25) is 10.1 Å². The quantitative estimate of drug-likeness (QED) is 0.287. The van der Waals surface area contributed by atoms with Crippen LogP contribution in [0.3, 0.4) is 0 Å². The van der Waals surface area contributed by atoms with Crippen molar-refractivity contribution in [2.45, 2.75) is 0 Å². The minimum absolute atomic E-state index is 0. The first-order valence-corrected chi connectivity index (χ1v) is 7.98. The second-order valence-electron chi connectivity index (χ2n) is 5.59. The Morgan fingerprint density at radius 1 is 0.852 bits per heavy atom. The summed E-state index contributed by atoms with van der Waals surface area (Å²) < 4.78 is 1.75. The minimum atomic E-state index is -0.431. The van der Waals surface area contributed by atoms with Crippen molar-refractivity contribution in [1.29, 1.82) is 0 Å². The lowest BCUT2D eigenvalue weighted by atomic mass is 10.2. The van der Waals surface area contributed by atoms with Crippen LogP contribution in [0, 0.1) is 10.1 Å². The highest BCUT2D eigenvalue weighted by molar-refractivity contribution is 5.52. The molecule has 0 bridgehead atoms. The van der Waals surface area contributed by atoms with Crippen LogP contribution in [-0.2, 0) is 0 Å². The molecule has 0 atom stereocenters. The first kappa shape index (κ1) is 18.2. The van der Waals surface area contributed by atoms with Crippen LogP contribution in [0.4, 0.5) is 5.69 Å². The van der Waals surface area contributed by atoms with Gasteiger partial charge in [-0.25, -0.2) is 0 Å². The monoisotopic (exact) mass is 379 g/mol. The van der Waals surface area contributed by atoms with Gasteiger partial charge in [0.15, 0.2) is 5.69 Å². The van der Waals surface area contributed by atoms with Gasteiger partial charge in [0, 0.05) is 16.9 Å². The molecular weight excluding hydrogens is 366 g/mol. The van der Waals surface area contributed by atoms with Gasteiger partial charge in [0.2, 0.25) is 0 Å². The number of tetrazole rings is 1. The predicted octanol–water partition coefficient (Wildman–Crippen LogP) is 0.123. The first-order valence-electron chi connectivity index (χ1n) is 7.98. The number of para-hydroxylation sites is 1. The maximum Gasteiger partial charge on any atom is 0.335 e. The van der Waals surface area contributed by atoms with E-state index in [1.807, 2.05) is 60.7 Å². The number of halogens is 1. The van der Waals surface area contributed by atoms with Gasteiger partial charge in [0.25, 0.3) is 5.69 Å². The molecule has 0 amide bonds. The number of hydrogen-bond acceptors (Lipinski definition) is 4. The van der Waals surface area contributed by atoms with Gasteiger partial charge in [-0.15, -0.1) is 0 Å². The van der Waals surface area contributed by atoms with Crippen molar-refractivity contribution in [3.8, 4) is 22.8 Å². The number of nitro benzene ring substituents is 1. The van der Waals surface area contributed by atoms with Crippen LogP contribution in [-0.4, -0.2) is 20.0 Å². The van der Waals surface area contributed by atoms with Gasteiger partial charge in [-0.2, -0.15) is 0 Å². The number of non-ortho nitro benzene ring substituents is 1. The Bertz CT molecular complexity index is 994. The molecular formula is C19H14ClN5O2. The summed E-state index contributed by atoms with van der Waals surface area (Å²) in [6.45, 7) is 0. The summed E-state index contributed by atoms with van der Waals surface area (Å²) in [6, 6.07) is 25.6. The highest BCUT2D eigenvalue weighted by Gasteiger charge is 2.23. The molecule has 0 saturated heterocycles. The van der Waals surface area contributed by atoms with Gasteiger partial charge in [0.1, 0.15) is 5.69 Å². The van der Waals surface area contributed by atoms with Crippen molar-refractivity contribution >= 4 is 5.69 Å². The fourth-order valence-corrected chi connectivity index (χ4v) is 2.61. The van der Waals surface area contributed by atoms with E-state index in [2.05, 4.69) is 10.3 Å². The Hall–Kier alpha value is -3.58. The number of benzene rings is 3. The minimum Gasteiger partial charge on any atom is -1.00 e. The molecule has 1 aromatic heterocycles. The topological polar surface area (TPSA) is 77.7 Å². The van der Waals surface area contributed by atoms with Gasteiger partial charge >= 0.3 is 5.82 Å². The molecule has 27 heavy (non-hydrogen) atoms. The predicted molar refractivity (Wildman–Crippen MR) is 95.0 cm³/mol. The van der Waals surface area contributed by atoms with Crippen molar-refractivity contribution in [3.05, 3.63) is 95.0 Å². The second-order valence-corrected chi connectivity index (χ2v) is 5.59. The largest absolute Gasteiger partial charge is 1.00 e. The third-order valence-corrected chi connectivity index (χ3v) is 3.89. The zero-order valence-corrected chi connectivity index (χ0v) is 14.8. The normalized spacial score (nSPS) is 10.2. The average molecular weight is 380 g/mol. The Morgan fingerprint density at radius 3 is 2.04 bits per heavy atom. The molecule has 0 aliphatic heterocycles. The maximum atomic E-state index is 10.8. The molecule has 1 heterocycles. The van der Waals surface area contributed by atoms with E-state index >= 15 is 0 Å². The fraction of sp³-hybridized carbons (Fsp3) is 0. The summed E-state index contributed by atoms with van der Waals surface area (Å²) in [4.78, 5) is 11.9.